The average Bonchev–Trinajstić information content (AvgIpc) is 2.58. The highest BCUT2D eigenvalue weighted by Crippen LogP contribution is 2.19. The molecule has 1 aromatic heterocycles. The highest BCUT2D eigenvalue weighted by Gasteiger charge is 2.14. The third-order valence-corrected chi connectivity index (χ3v) is 3.66. The van der Waals surface area contributed by atoms with Crippen molar-refractivity contribution in [1.29, 1.82) is 5.26 Å². The Kier molecular flexibility index (Phi) is 3.82. The van der Waals surface area contributed by atoms with Crippen LogP contribution >= 0.6 is 0 Å². The Morgan fingerprint density at radius 3 is 2.17 bits per heavy atom. The highest BCUT2D eigenvalue weighted by molar-refractivity contribution is 5.94. The zero-order valence-electron chi connectivity index (χ0n) is 12.5. The van der Waals surface area contributed by atoms with E-state index in [4.69, 9.17) is 10.00 Å². The predicted octanol–water partition coefficient (Wildman–Crippen LogP) is 2.61. The second kappa shape index (κ2) is 5.93. The molecule has 0 amide bonds. The zero-order valence-corrected chi connectivity index (χ0v) is 12.5. The number of para-hydroxylation sites is 2. The van der Waals surface area contributed by atoms with Gasteiger partial charge in [-0.1, -0.05) is 24.3 Å². The molecule has 0 saturated carbocycles. The van der Waals surface area contributed by atoms with Crippen LogP contribution in [0.15, 0.2) is 53.3 Å². The van der Waals surface area contributed by atoms with Gasteiger partial charge in [-0.15, -0.1) is 0 Å². The molecule has 23 heavy (non-hydrogen) atoms. The van der Waals surface area contributed by atoms with Crippen LogP contribution in [-0.2, 0) is 16.1 Å². The van der Waals surface area contributed by atoms with Crippen molar-refractivity contribution in [2.24, 2.45) is 0 Å². The summed E-state index contributed by atoms with van der Waals surface area (Å²) in [4.78, 5) is 24.7. The molecule has 0 N–H and O–H groups in total. The SMILES string of the molecule is CC(C#N)OC(=O)Cn1c2ccccc2c(=O)c2ccccc21. The number of aromatic nitrogens is 1. The van der Waals surface area contributed by atoms with Crippen LogP contribution < -0.4 is 5.43 Å². The fourth-order valence-corrected chi connectivity index (χ4v) is 2.64. The van der Waals surface area contributed by atoms with Gasteiger partial charge in [-0.05, 0) is 31.2 Å². The van der Waals surface area contributed by atoms with E-state index in [1.165, 1.54) is 6.92 Å². The topological polar surface area (TPSA) is 72.1 Å². The van der Waals surface area contributed by atoms with E-state index in [9.17, 15) is 9.59 Å². The first-order chi connectivity index (χ1) is 11.1. The molecular formula is C18H14N2O3. The lowest BCUT2D eigenvalue weighted by atomic mass is 10.1. The van der Waals surface area contributed by atoms with Crippen LogP contribution in [0, 0.1) is 11.3 Å². The largest absolute Gasteiger partial charge is 0.446 e. The Bertz CT molecular complexity index is 938. The summed E-state index contributed by atoms with van der Waals surface area (Å²) in [6.45, 7) is 1.45. The highest BCUT2D eigenvalue weighted by atomic mass is 16.5. The Hall–Kier alpha value is -3.13. The van der Waals surface area contributed by atoms with Gasteiger partial charge in [-0.3, -0.25) is 9.59 Å². The van der Waals surface area contributed by atoms with E-state index in [1.54, 1.807) is 41.0 Å². The monoisotopic (exact) mass is 306 g/mol. The standard InChI is InChI=1S/C18H14N2O3/c1-12(10-19)23-17(21)11-20-15-8-4-2-6-13(15)18(22)14-7-3-5-9-16(14)20/h2-9,12H,11H2,1H3. The van der Waals surface area contributed by atoms with Gasteiger partial charge in [0.05, 0.1) is 11.0 Å². The van der Waals surface area contributed by atoms with Crippen LogP contribution in [0.2, 0.25) is 0 Å². The van der Waals surface area contributed by atoms with Gasteiger partial charge in [0.1, 0.15) is 12.6 Å². The van der Waals surface area contributed by atoms with E-state index in [0.29, 0.717) is 21.8 Å². The summed E-state index contributed by atoms with van der Waals surface area (Å²) in [5.41, 5.74) is 1.27. The van der Waals surface area contributed by atoms with Crippen molar-refractivity contribution in [3.63, 3.8) is 0 Å². The smallest absolute Gasteiger partial charge is 0.327 e. The van der Waals surface area contributed by atoms with Crippen molar-refractivity contribution >= 4 is 27.8 Å². The molecule has 1 atom stereocenters. The Morgan fingerprint density at radius 1 is 1.13 bits per heavy atom. The fourth-order valence-electron chi connectivity index (χ4n) is 2.64. The van der Waals surface area contributed by atoms with Crippen molar-refractivity contribution in [2.45, 2.75) is 19.6 Å². The van der Waals surface area contributed by atoms with Gasteiger partial charge in [0, 0.05) is 10.8 Å². The number of fused-ring (bicyclic) bond motifs is 2. The maximum atomic E-state index is 12.6. The molecular weight excluding hydrogens is 292 g/mol. The lowest BCUT2D eigenvalue weighted by Crippen LogP contribution is -2.21. The molecule has 0 fully saturated rings. The first-order valence-electron chi connectivity index (χ1n) is 7.21. The van der Waals surface area contributed by atoms with Crippen LogP contribution in [0.3, 0.4) is 0 Å². The minimum absolute atomic E-state index is 0.0622. The molecule has 5 nitrogen and oxygen atoms in total. The first-order valence-corrected chi connectivity index (χ1v) is 7.21. The van der Waals surface area contributed by atoms with Crippen LogP contribution in [0.1, 0.15) is 6.92 Å². The van der Waals surface area contributed by atoms with Crippen molar-refractivity contribution in [2.75, 3.05) is 0 Å². The Labute approximate surface area is 132 Å². The number of esters is 1. The molecule has 3 rings (SSSR count). The number of nitrogens with zero attached hydrogens (tertiary/aromatic N) is 2. The predicted molar refractivity (Wildman–Crippen MR) is 86.9 cm³/mol. The van der Waals surface area contributed by atoms with Gasteiger partial charge in [0.25, 0.3) is 0 Å². The number of pyridine rings is 1. The third-order valence-electron chi connectivity index (χ3n) is 3.66. The zero-order chi connectivity index (χ0) is 16.4. The summed E-state index contributed by atoms with van der Waals surface area (Å²) in [5, 5.41) is 9.85. The number of ether oxygens (including phenoxy) is 1. The van der Waals surface area contributed by atoms with Crippen LogP contribution in [0.25, 0.3) is 21.8 Å². The average molecular weight is 306 g/mol. The second-order valence-electron chi connectivity index (χ2n) is 5.21. The van der Waals surface area contributed by atoms with Crippen molar-refractivity contribution in [3.05, 3.63) is 58.8 Å². The lowest BCUT2D eigenvalue weighted by molar-refractivity contribution is -0.146. The molecule has 0 aliphatic heterocycles. The van der Waals surface area contributed by atoms with E-state index in [2.05, 4.69) is 0 Å². The van der Waals surface area contributed by atoms with E-state index in [1.807, 2.05) is 18.2 Å². The first kappa shape index (κ1) is 14.8. The van der Waals surface area contributed by atoms with Gasteiger partial charge in [0.2, 0.25) is 0 Å². The molecule has 1 unspecified atom stereocenters. The van der Waals surface area contributed by atoms with E-state index < -0.39 is 12.1 Å². The molecule has 0 aliphatic rings. The third kappa shape index (κ3) is 2.67. The summed E-state index contributed by atoms with van der Waals surface area (Å²) in [6, 6.07) is 16.1. The minimum Gasteiger partial charge on any atom is -0.446 e. The van der Waals surface area contributed by atoms with Gasteiger partial charge < -0.3 is 9.30 Å². The van der Waals surface area contributed by atoms with E-state index in [0.717, 1.165) is 0 Å². The number of hydrogen-bond acceptors (Lipinski definition) is 4. The molecule has 3 aromatic rings. The fraction of sp³-hybridized carbons (Fsp3) is 0.167. The number of hydrogen-bond donors (Lipinski definition) is 0. The molecule has 114 valence electrons. The molecule has 5 heteroatoms. The van der Waals surface area contributed by atoms with E-state index in [-0.39, 0.29) is 12.0 Å². The van der Waals surface area contributed by atoms with Gasteiger partial charge in [0.15, 0.2) is 11.5 Å². The molecule has 0 spiro atoms. The Balaban J connectivity index is 2.21. The number of benzene rings is 2. The lowest BCUT2D eigenvalue weighted by Gasteiger charge is -2.15. The van der Waals surface area contributed by atoms with Crippen LogP contribution in [0.5, 0.6) is 0 Å². The summed E-state index contributed by atoms with van der Waals surface area (Å²) in [7, 11) is 0. The quantitative estimate of drug-likeness (QED) is 0.551. The van der Waals surface area contributed by atoms with E-state index >= 15 is 0 Å². The second-order valence-corrected chi connectivity index (χ2v) is 5.21. The molecule has 1 heterocycles. The summed E-state index contributed by atoms with van der Waals surface area (Å²) >= 11 is 0. The summed E-state index contributed by atoms with van der Waals surface area (Å²) in [5.74, 6) is -0.516. The number of rotatable bonds is 3. The normalized spacial score (nSPS) is 12.0. The van der Waals surface area contributed by atoms with Gasteiger partial charge >= 0.3 is 5.97 Å². The molecule has 2 aromatic carbocycles. The van der Waals surface area contributed by atoms with Crippen LogP contribution in [-0.4, -0.2) is 16.6 Å². The number of carbonyl (C=O) groups is 1. The maximum absolute atomic E-state index is 12.6. The molecule has 0 bridgehead atoms. The molecule has 0 aliphatic carbocycles. The number of nitriles is 1. The summed E-state index contributed by atoms with van der Waals surface area (Å²) in [6.07, 6.45) is -0.806. The number of carbonyl (C=O) groups excluding carboxylic acids is 1. The van der Waals surface area contributed by atoms with Crippen molar-refractivity contribution in [3.8, 4) is 6.07 Å². The molecule has 0 radical (unpaired) electrons. The van der Waals surface area contributed by atoms with Crippen LogP contribution in [0.4, 0.5) is 0 Å². The molecule has 0 saturated heterocycles. The van der Waals surface area contributed by atoms with Crippen molar-refractivity contribution in [1.82, 2.24) is 4.57 Å². The Morgan fingerprint density at radius 2 is 1.65 bits per heavy atom. The summed E-state index contributed by atoms with van der Waals surface area (Å²) < 4.78 is 6.78. The minimum atomic E-state index is -0.806. The van der Waals surface area contributed by atoms with Gasteiger partial charge in [-0.25, -0.2) is 0 Å². The van der Waals surface area contributed by atoms with Gasteiger partial charge in [-0.2, -0.15) is 5.26 Å². The maximum Gasteiger partial charge on any atom is 0.327 e. The van der Waals surface area contributed by atoms with Crippen molar-refractivity contribution < 1.29 is 9.53 Å².